The summed E-state index contributed by atoms with van der Waals surface area (Å²) in [6.45, 7) is 2.56. The normalized spacial score (nSPS) is 17.2. The van der Waals surface area contributed by atoms with Gasteiger partial charge in [-0.05, 0) is 66.6 Å². The summed E-state index contributed by atoms with van der Waals surface area (Å²) in [5.74, 6) is -0.194. The summed E-state index contributed by atoms with van der Waals surface area (Å²) in [4.78, 5) is 13.5. The first-order valence-corrected chi connectivity index (χ1v) is 15.4. The zero-order valence-electron chi connectivity index (χ0n) is 19.9. The summed E-state index contributed by atoms with van der Waals surface area (Å²) in [5.41, 5.74) is 0.567. The van der Waals surface area contributed by atoms with Crippen molar-refractivity contribution in [1.29, 1.82) is 0 Å². The first-order valence-electron chi connectivity index (χ1n) is 11.6. The Labute approximate surface area is 216 Å². The van der Waals surface area contributed by atoms with Crippen molar-refractivity contribution in [2.45, 2.75) is 36.1 Å². The Bertz CT molecular complexity index is 1370. The van der Waals surface area contributed by atoms with E-state index in [1.165, 1.54) is 39.9 Å². The zero-order valence-corrected chi connectivity index (χ0v) is 22.4. The lowest BCUT2D eigenvalue weighted by Gasteiger charge is -2.30. The van der Waals surface area contributed by atoms with Gasteiger partial charge in [-0.15, -0.1) is 11.3 Å². The number of thiophene rings is 1. The largest absolute Gasteiger partial charge is 0.325 e. The predicted octanol–water partition coefficient (Wildman–Crippen LogP) is 4.00. The second kappa shape index (κ2) is 11.2. The van der Waals surface area contributed by atoms with Crippen molar-refractivity contribution < 1.29 is 21.6 Å². The summed E-state index contributed by atoms with van der Waals surface area (Å²) < 4.78 is 55.8. The fourth-order valence-electron chi connectivity index (χ4n) is 4.13. The molecule has 0 aliphatic carbocycles. The number of hydrogen-bond acceptors (Lipinski definition) is 6. The lowest BCUT2D eigenvalue weighted by atomic mass is 10.0. The molecule has 1 fully saturated rings. The van der Waals surface area contributed by atoms with Gasteiger partial charge in [0.15, 0.2) is 0 Å². The Balaban J connectivity index is 1.56. The summed E-state index contributed by atoms with van der Waals surface area (Å²) in [5, 5.41) is 4.56. The van der Waals surface area contributed by atoms with E-state index in [2.05, 4.69) is 5.32 Å². The highest BCUT2D eigenvalue weighted by atomic mass is 32.2. The van der Waals surface area contributed by atoms with E-state index in [4.69, 9.17) is 0 Å². The van der Waals surface area contributed by atoms with E-state index in [1.54, 1.807) is 30.3 Å². The van der Waals surface area contributed by atoms with Crippen LogP contribution in [0, 0.1) is 5.92 Å². The van der Waals surface area contributed by atoms with Crippen molar-refractivity contribution in [3.63, 3.8) is 0 Å². The zero-order chi connectivity index (χ0) is 25.8. The molecule has 0 radical (unpaired) electrons. The van der Waals surface area contributed by atoms with Crippen molar-refractivity contribution in [2.24, 2.45) is 5.92 Å². The average Bonchev–Trinajstić information content (AvgIpc) is 3.37. The lowest BCUT2D eigenvalue weighted by molar-refractivity contribution is -0.116. The average molecular weight is 548 g/mol. The Hall–Kier alpha value is -2.57. The molecule has 0 spiro atoms. The van der Waals surface area contributed by atoms with Crippen LogP contribution in [0.15, 0.2) is 81.9 Å². The fraction of sp³-hybridized carbons (Fsp3) is 0.320. The van der Waals surface area contributed by atoms with Crippen LogP contribution in [-0.4, -0.2) is 51.0 Å². The third kappa shape index (κ3) is 6.22. The van der Waals surface area contributed by atoms with E-state index in [1.807, 2.05) is 24.4 Å². The second-order valence-electron chi connectivity index (χ2n) is 8.85. The molecular formula is C25H29N3O5S3. The van der Waals surface area contributed by atoms with Crippen LogP contribution in [0.1, 0.15) is 24.6 Å². The third-order valence-electron chi connectivity index (χ3n) is 6.01. The highest BCUT2D eigenvalue weighted by molar-refractivity contribution is 7.89. The van der Waals surface area contributed by atoms with Gasteiger partial charge in [0.25, 0.3) is 0 Å². The maximum atomic E-state index is 13.5. The van der Waals surface area contributed by atoms with Crippen molar-refractivity contribution in [3.05, 3.63) is 77.0 Å². The number of rotatable bonds is 9. The molecule has 192 valence electrons. The van der Waals surface area contributed by atoms with E-state index in [0.29, 0.717) is 18.8 Å². The Morgan fingerprint density at radius 3 is 2.33 bits per heavy atom. The number of anilines is 1. The van der Waals surface area contributed by atoms with Gasteiger partial charge >= 0.3 is 0 Å². The first-order chi connectivity index (χ1) is 17.2. The van der Waals surface area contributed by atoms with Gasteiger partial charge in [0.1, 0.15) is 0 Å². The molecule has 2 heterocycles. The molecule has 8 nitrogen and oxygen atoms in total. The van der Waals surface area contributed by atoms with Crippen LogP contribution in [0.2, 0.25) is 0 Å². The fourth-order valence-corrected chi connectivity index (χ4v) is 7.90. The summed E-state index contributed by atoms with van der Waals surface area (Å²) in [7, 11) is -7.80. The van der Waals surface area contributed by atoms with Crippen LogP contribution >= 0.6 is 11.3 Å². The minimum atomic E-state index is -4.09. The molecule has 4 rings (SSSR count). The van der Waals surface area contributed by atoms with Crippen molar-refractivity contribution in [2.75, 3.05) is 25.0 Å². The molecule has 1 N–H and O–H groups in total. The summed E-state index contributed by atoms with van der Waals surface area (Å²) in [6, 6.07) is 17.7. The second-order valence-corrected chi connectivity index (χ2v) is 13.8. The minimum absolute atomic E-state index is 0.0218. The maximum absolute atomic E-state index is 13.5. The first kappa shape index (κ1) is 26.5. The van der Waals surface area contributed by atoms with Crippen LogP contribution in [0.3, 0.4) is 0 Å². The van der Waals surface area contributed by atoms with Crippen LogP contribution in [0.25, 0.3) is 0 Å². The highest BCUT2D eigenvalue weighted by Gasteiger charge is 2.31. The number of carbonyl (C=O) groups is 1. The number of nitrogens with zero attached hydrogens (tertiary/aromatic N) is 2. The molecule has 0 saturated carbocycles. The molecular weight excluding hydrogens is 518 g/mol. The molecule has 1 aromatic heterocycles. The molecule has 1 amide bonds. The number of piperidine rings is 1. The van der Waals surface area contributed by atoms with Gasteiger partial charge in [0, 0.05) is 30.2 Å². The predicted molar refractivity (Wildman–Crippen MR) is 141 cm³/mol. The van der Waals surface area contributed by atoms with Crippen LogP contribution in [-0.2, 0) is 31.4 Å². The van der Waals surface area contributed by atoms with Gasteiger partial charge in [-0.2, -0.15) is 8.61 Å². The molecule has 1 unspecified atom stereocenters. The Kier molecular flexibility index (Phi) is 8.26. The van der Waals surface area contributed by atoms with Crippen molar-refractivity contribution >= 4 is 43.0 Å². The monoisotopic (exact) mass is 547 g/mol. The number of hydrogen-bond donors (Lipinski definition) is 1. The molecule has 11 heteroatoms. The molecule has 1 atom stereocenters. The molecule has 1 aliphatic heterocycles. The molecule has 1 saturated heterocycles. The van der Waals surface area contributed by atoms with Crippen LogP contribution in [0.4, 0.5) is 5.69 Å². The van der Waals surface area contributed by atoms with Gasteiger partial charge in [-0.3, -0.25) is 4.79 Å². The smallest absolute Gasteiger partial charge is 0.243 e. The molecule has 0 bridgehead atoms. The molecule has 3 aromatic rings. The standard InChI is InChI=1S/C25H29N3O5S3/c1-20-7-5-15-27(17-20)35(30,31)23-11-13-24(14-12-23)36(32,33)28(18-22-10-6-16-34-22)19-25(29)26-21-8-3-2-4-9-21/h2-4,6,8-14,16,20H,5,7,15,17-19H2,1H3,(H,26,29). The van der Waals surface area contributed by atoms with Gasteiger partial charge < -0.3 is 5.32 Å². The quantitative estimate of drug-likeness (QED) is 0.436. The van der Waals surface area contributed by atoms with E-state index in [-0.39, 0.29) is 28.8 Å². The van der Waals surface area contributed by atoms with Gasteiger partial charge in [-0.25, -0.2) is 16.8 Å². The minimum Gasteiger partial charge on any atom is -0.325 e. The van der Waals surface area contributed by atoms with Crippen molar-refractivity contribution in [3.8, 4) is 0 Å². The number of carbonyl (C=O) groups excluding carboxylic acids is 1. The number of amides is 1. The van der Waals surface area contributed by atoms with Gasteiger partial charge in [0.05, 0.1) is 16.3 Å². The van der Waals surface area contributed by atoms with Crippen LogP contribution < -0.4 is 5.32 Å². The van der Waals surface area contributed by atoms with Crippen molar-refractivity contribution in [1.82, 2.24) is 8.61 Å². The van der Waals surface area contributed by atoms with Gasteiger partial charge in [0.2, 0.25) is 26.0 Å². The SMILES string of the molecule is CC1CCCN(S(=O)(=O)c2ccc(S(=O)(=O)N(CC(=O)Nc3ccccc3)Cc3cccs3)cc2)C1. The van der Waals surface area contributed by atoms with Gasteiger partial charge in [-0.1, -0.05) is 31.2 Å². The number of benzene rings is 2. The van der Waals surface area contributed by atoms with E-state index in [0.717, 1.165) is 22.0 Å². The van der Waals surface area contributed by atoms with E-state index in [9.17, 15) is 21.6 Å². The Morgan fingerprint density at radius 1 is 1.00 bits per heavy atom. The summed E-state index contributed by atoms with van der Waals surface area (Å²) >= 11 is 1.39. The van der Waals surface area contributed by atoms with Crippen LogP contribution in [0.5, 0.6) is 0 Å². The number of para-hydroxylation sites is 1. The Morgan fingerprint density at radius 2 is 1.69 bits per heavy atom. The molecule has 36 heavy (non-hydrogen) atoms. The highest BCUT2D eigenvalue weighted by Crippen LogP contribution is 2.26. The topological polar surface area (TPSA) is 104 Å². The van der Waals surface area contributed by atoms with E-state index < -0.39 is 26.0 Å². The third-order valence-corrected chi connectivity index (χ3v) is 10.6. The maximum Gasteiger partial charge on any atom is 0.243 e. The van der Waals surface area contributed by atoms with E-state index >= 15 is 0 Å². The molecule has 1 aliphatic rings. The molecule has 2 aromatic carbocycles. The number of nitrogens with one attached hydrogen (secondary N) is 1. The number of sulfonamides is 2. The summed E-state index contributed by atoms with van der Waals surface area (Å²) in [6.07, 6.45) is 1.79. The lowest BCUT2D eigenvalue weighted by Crippen LogP contribution is -2.39.